The van der Waals surface area contributed by atoms with Crippen LogP contribution in [-0.2, 0) is 18.6 Å². The fourth-order valence-corrected chi connectivity index (χ4v) is 5.27. The molecule has 1 saturated heterocycles. The van der Waals surface area contributed by atoms with Crippen LogP contribution in [0.1, 0.15) is 40.4 Å². The maximum absolute atomic E-state index is 13.5. The zero-order valence-electron chi connectivity index (χ0n) is 17.9. The lowest BCUT2D eigenvalue weighted by Crippen LogP contribution is -2.29. The van der Waals surface area contributed by atoms with Crippen molar-refractivity contribution in [3.05, 3.63) is 81.6 Å². The Hall–Kier alpha value is -2.28. The van der Waals surface area contributed by atoms with Crippen molar-refractivity contribution >= 4 is 11.3 Å². The average Bonchev–Trinajstić information content (AvgIpc) is 3.03. The van der Waals surface area contributed by atoms with E-state index in [2.05, 4.69) is 4.90 Å². The smallest absolute Gasteiger partial charge is 0.125 e. The minimum atomic E-state index is -0.898. The molecule has 0 bridgehead atoms. The normalized spacial score (nSPS) is 19.8. The Morgan fingerprint density at radius 2 is 1.97 bits per heavy atom. The van der Waals surface area contributed by atoms with Gasteiger partial charge in [-0.05, 0) is 62.6 Å². The molecule has 1 aliphatic rings. The second-order valence-electron chi connectivity index (χ2n) is 8.23. The lowest BCUT2D eigenvalue weighted by molar-refractivity contribution is 0.0207. The molecular weight excluding hydrogens is 411 g/mol. The van der Waals surface area contributed by atoms with Gasteiger partial charge < -0.3 is 9.84 Å². The molecule has 1 N–H and O–H groups in total. The number of hydrogen-bond acceptors (Lipinski definition) is 5. The van der Waals surface area contributed by atoms with Crippen LogP contribution in [0.5, 0.6) is 5.75 Å². The second-order valence-corrected chi connectivity index (χ2v) is 9.31. The van der Waals surface area contributed by atoms with Crippen molar-refractivity contribution in [2.75, 3.05) is 19.7 Å². The van der Waals surface area contributed by atoms with Gasteiger partial charge in [0.2, 0.25) is 0 Å². The van der Waals surface area contributed by atoms with Crippen LogP contribution < -0.4 is 4.74 Å². The first-order valence-electron chi connectivity index (χ1n) is 10.9. The average molecular weight is 441 g/mol. The zero-order valence-corrected chi connectivity index (χ0v) is 18.7. The Morgan fingerprint density at radius 1 is 1.13 bits per heavy atom. The summed E-state index contributed by atoms with van der Waals surface area (Å²) in [5, 5.41) is 12.2. The third kappa shape index (κ3) is 5.70. The molecule has 4 rings (SSSR count). The number of aliphatic hydroxyl groups is 1. The van der Waals surface area contributed by atoms with Crippen LogP contribution in [0.4, 0.5) is 4.39 Å². The Labute approximate surface area is 187 Å². The number of aryl methyl sites for hydroxylation is 1. The molecule has 1 atom stereocenters. The molecule has 0 aliphatic carbocycles. The third-order valence-electron chi connectivity index (χ3n) is 5.83. The van der Waals surface area contributed by atoms with E-state index in [1.165, 1.54) is 10.9 Å². The molecule has 0 radical (unpaired) electrons. The summed E-state index contributed by atoms with van der Waals surface area (Å²) in [5.41, 5.74) is 1.05. The summed E-state index contributed by atoms with van der Waals surface area (Å²) in [6, 6.07) is 16.6. The Kier molecular flexibility index (Phi) is 7.00. The molecule has 2 aromatic carbocycles. The largest absolute Gasteiger partial charge is 0.493 e. The highest BCUT2D eigenvalue weighted by atomic mass is 32.1. The summed E-state index contributed by atoms with van der Waals surface area (Å²) in [7, 11) is 0. The highest BCUT2D eigenvalue weighted by Gasteiger charge is 2.35. The number of likely N-dealkylation sites (tertiary alicyclic amines) is 1. The number of rotatable bonds is 7. The van der Waals surface area contributed by atoms with E-state index >= 15 is 0 Å². The van der Waals surface area contributed by atoms with Crippen LogP contribution in [-0.4, -0.2) is 34.7 Å². The molecule has 0 saturated carbocycles. The minimum absolute atomic E-state index is 0.203. The number of para-hydroxylation sites is 1. The van der Waals surface area contributed by atoms with Crippen molar-refractivity contribution < 1.29 is 14.2 Å². The molecule has 0 amide bonds. The van der Waals surface area contributed by atoms with E-state index in [0.29, 0.717) is 26.0 Å². The van der Waals surface area contributed by atoms with Crippen molar-refractivity contribution in [1.82, 2.24) is 9.88 Å². The summed E-state index contributed by atoms with van der Waals surface area (Å²) in [4.78, 5) is 8.20. The molecule has 0 unspecified atom stereocenters. The van der Waals surface area contributed by atoms with Gasteiger partial charge in [-0.15, -0.1) is 11.3 Å². The van der Waals surface area contributed by atoms with Crippen molar-refractivity contribution in [3.63, 3.8) is 0 Å². The van der Waals surface area contributed by atoms with Crippen molar-refractivity contribution in [2.45, 2.75) is 44.8 Å². The van der Waals surface area contributed by atoms with Gasteiger partial charge in [-0.2, -0.15) is 0 Å². The van der Waals surface area contributed by atoms with E-state index < -0.39 is 5.60 Å². The first-order chi connectivity index (χ1) is 15.0. The van der Waals surface area contributed by atoms with Crippen LogP contribution >= 0.6 is 11.3 Å². The molecule has 4 nitrogen and oxygen atoms in total. The quantitative estimate of drug-likeness (QED) is 0.556. The molecule has 1 aliphatic heterocycles. The van der Waals surface area contributed by atoms with Gasteiger partial charge in [-0.1, -0.05) is 30.3 Å². The summed E-state index contributed by atoms with van der Waals surface area (Å²) in [5.74, 6) is 0.663. The van der Waals surface area contributed by atoms with E-state index in [9.17, 15) is 9.50 Å². The molecule has 3 aromatic rings. The molecule has 1 aromatic heterocycles. The van der Waals surface area contributed by atoms with Gasteiger partial charge >= 0.3 is 0 Å². The number of benzene rings is 2. The fourth-order valence-electron chi connectivity index (χ4n) is 4.08. The zero-order chi connectivity index (χ0) is 21.7. The molecule has 1 fully saturated rings. The number of hydrogen-bond donors (Lipinski definition) is 1. The van der Waals surface area contributed by atoms with Crippen LogP contribution in [0.2, 0.25) is 0 Å². The van der Waals surface area contributed by atoms with Gasteiger partial charge in [0, 0.05) is 24.4 Å². The topological polar surface area (TPSA) is 45.6 Å². The van der Waals surface area contributed by atoms with Gasteiger partial charge in [0.25, 0.3) is 0 Å². The van der Waals surface area contributed by atoms with Gasteiger partial charge in [0.1, 0.15) is 22.2 Å². The lowest BCUT2D eigenvalue weighted by Gasteiger charge is -2.25. The van der Waals surface area contributed by atoms with E-state index in [1.54, 1.807) is 23.5 Å². The van der Waals surface area contributed by atoms with Gasteiger partial charge in [-0.3, -0.25) is 4.90 Å². The van der Waals surface area contributed by atoms with Crippen LogP contribution in [0.25, 0.3) is 0 Å². The molecule has 31 heavy (non-hydrogen) atoms. The molecule has 0 spiro atoms. The summed E-state index contributed by atoms with van der Waals surface area (Å²) in [6.07, 6.45) is 2.99. The van der Waals surface area contributed by atoms with Gasteiger partial charge in [0.15, 0.2) is 0 Å². The van der Waals surface area contributed by atoms with Crippen molar-refractivity contribution in [3.8, 4) is 5.75 Å². The second kappa shape index (κ2) is 9.90. The van der Waals surface area contributed by atoms with E-state index in [-0.39, 0.29) is 5.82 Å². The van der Waals surface area contributed by atoms with Crippen LogP contribution in [0.15, 0.2) is 54.6 Å². The summed E-state index contributed by atoms with van der Waals surface area (Å²) >= 11 is 1.61. The number of thiazole rings is 1. The predicted octanol–water partition coefficient (Wildman–Crippen LogP) is 5.09. The predicted molar refractivity (Wildman–Crippen MR) is 122 cm³/mol. The Morgan fingerprint density at radius 3 is 2.77 bits per heavy atom. The maximum atomic E-state index is 13.5. The fraction of sp³-hybridized carbons (Fsp3) is 0.400. The number of aromatic nitrogens is 1. The molecule has 6 heteroatoms. The number of halogens is 1. The maximum Gasteiger partial charge on any atom is 0.125 e. The van der Waals surface area contributed by atoms with E-state index in [1.807, 2.05) is 43.3 Å². The molecule has 2 heterocycles. The minimum Gasteiger partial charge on any atom is -0.493 e. The van der Waals surface area contributed by atoms with Gasteiger partial charge in [-0.25, -0.2) is 9.37 Å². The van der Waals surface area contributed by atoms with Crippen LogP contribution in [0, 0.1) is 12.7 Å². The molecule has 164 valence electrons. The van der Waals surface area contributed by atoms with E-state index in [0.717, 1.165) is 47.9 Å². The standard InChI is InChI=1S/C25H29FN2O2S/c1-19-23(11-16-30-22-9-3-2-4-10-22)31-24(27-19)25(29)12-6-14-28(15-13-25)18-20-7-5-8-21(26)17-20/h2-5,7-10,17,29H,6,11-16,18H2,1H3/t25-/m1/s1. The number of ether oxygens (including phenoxy) is 1. The van der Waals surface area contributed by atoms with Crippen LogP contribution in [0.3, 0.4) is 0 Å². The van der Waals surface area contributed by atoms with Crippen molar-refractivity contribution in [2.24, 2.45) is 0 Å². The Balaban J connectivity index is 1.36. The van der Waals surface area contributed by atoms with Gasteiger partial charge in [0.05, 0.1) is 12.3 Å². The Bertz CT molecular complexity index is 994. The highest BCUT2D eigenvalue weighted by molar-refractivity contribution is 7.11. The molecular formula is C25H29FN2O2S. The monoisotopic (exact) mass is 440 g/mol. The third-order valence-corrected chi connectivity index (χ3v) is 7.24. The number of nitrogens with zero attached hydrogens (tertiary/aromatic N) is 2. The SMILES string of the molecule is Cc1nc([C@@]2(O)CCCN(Cc3cccc(F)c3)CC2)sc1CCOc1ccccc1. The van der Waals surface area contributed by atoms with E-state index in [4.69, 9.17) is 9.72 Å². The highest BCUT2D eigenvalue weighted by Crippen LogP contribution is 2.37. The first-order valence-corrected chi connectivity index (χ1v) is 11.7. The lowest BCUT2D eigenvalue weighted by atomic mass is 9.96. The first kappa shape index (κ1) is 21.9. The summed E-state index contributed by atoms with van der Waals surface area (Å²) in [6.45, 7) is 4.95. The van der Waals surface area contributed by atoms with Crippen molar-refractivity contribution in [1.29, 1.82) is 0 Å². The summed E-state index contributed by atoms with van der Waals surface area (Å²) < 4.78 is 19.3.